The molecule has 5 nitrogen and oxygen atoms in total. The van der Waals surface area contributed by atoms with E-state index in [0.717, 1.165) is 27.1 Å². The maximum Gasteiger partial charge on any atom is 0.307 e. The summed E-state index contributed by atoms with van der Waals surface area (Å²) in [6.07, 6.45) is -0.0270. The van der Waals surface area contributed by atoms with Crippen molar-refractivity contribution in [2.24, 2.45) is 7.05 Å². The van der Waals surface area contributed by atoms with E-state index in [4.69, 9.17) is 4.74 Å². The van der Waals surface area contributed by atoms with Gasteiger partial charge in [-0.3, -0.25) is 9.59 Å². The van der Waals surface area contributed by atoms with E-state index in [1.807, 2.05) is 51.1 Å². The minimum Gasteiger partial charge on any atom is -0.480 e. The Morgan fingerprint density at radius 1 is 1.23 bits per heavy atom. The van der Waals surface area contributed by atoms with Crippen LogP contribution >= 0.6 is 11.3 Å². The fourth-order valence-corrected chi connectivity index (χ4v) is 3.66. The molecule has 6 heteroatoms. The van der Waals surface area contributed by atoms with Crippen molar-refractivity contribution in [3.05, 3.63) is 57.2 Å². The van der Waals surface area contributed by atoms with Gasteiger partial charge < -0.3 is 14.6 Å². The first-order valence-electron chi connectivity index (χ1n) is 8.53. The summed E-state index contributed by atoms with van der Waals surface area (Å²) < 4.78 is 8.40. The second-order valence-electron chi connectivity index (χ2n) is 6.38. The summed E-state index contributed by atoms with van der Waals surface area (Å²) in [4.78, 5) is 24.4. The number of anilines is 1. The maximum absolute atomic E-state index is 12.7. The van der Waals surface area contributed by atoms with Gasteiger partial charge in [0.2, 0.25) is 0 Å². The van der Waals surface area contributed by atoms with E-state index in [2.05, 4.69) is 5.32 Å². The molecule has 0 aliphatic rings. The van der Waals surface area contributed by atoms with Gasteiger partial charge in [0.1, 0.15) is 5.75 Å². The van der Waals surface area contributed by atoms with E-state index in [9.17, 15) is 9.59 Å². The number of aryl methyl sites for hydroxylation is 3. The van der Waals surface area contributed by atoms with Crippen LogP contribution in [-0.2, 0) is 11.8 Å². The first-order chi connectivity index (χ1) is 12.4. The van der Waals surface area contributed by atoms with Gasteiger partial charge in [0.25, 0.3) is 5.91 Å². The molecule has 0 saturated carbocycles. The van der Waals surface area contributed by atoms with Crippen LogP contribution in [0.3, 0.4) is 0 Å². The number of nitrogens with zero attached hydrogens (tertiary/aromatic N) is 1. The van der Waals surface area contributed by atoms with Crippen LogP contribution in [0.1, 0.15) is 24.5 Å². The molecule has 1 amide bonds. The molecule has 3 rings (SSSR count). The van der Waals surface area contributed by atoms with Crippen LogP contribution < -0.4 is 14.9 Å². The van der Waals surface area contributed by atoms with Crippen LogP contribution in [0.5, 0.6) is 5.75 Å². The summed E-state index contributed by atoms with van der Waals surface area (Å²) in [5, 5.41) is 2.90. The molecule has 1 aromatic heterocycles. The third-order valence-electron chi connectivity index (χ3n) is 4.34. The Morgan fingerprint density at radius 3 is 2.73 bits per heavy atom. The number of ether oxygens (including phenoxy) is 1. The average molecular weight is 370 g/mol. The van der Waals surface area contributed by atoms with Gasteiger partial charge in [-0.1, -0.05) is 30.4 Å². The van der Waals surface area contributed by atoms with E-state index in [1.54, 1.807) is 17.7 Å². The quantitative estimate of drug-likeness (QED) is 0.738. The van der Waals surface area contributed by atoms with Crippen LogP contribution in [0.15, 0.2) is 41.2 Å². The number of carbonyl (C=O) groups is 1. The van der Waals surface area contributed by atoms with E-state index in [1.165, 1.54) is 11.3 Å². The summed E-state index contributed by atoms with van der Waals surface area (Å²) in [5.41, 5.74) is 3.60. The second-order valence-corrected chi connectivity index (χ2v) is 7.38. The van der Waals surface area contributed by atoms with Crippen LogP contribution in [0, 0.1) is 13.8 Å². The van der Waals surface area contributed by atoms with Crippen molar-refractivity contribution in [3.63, 3.8) is 0 Å². The van der Waals surface area contributed by atoms with Crippen molar-refractivity contribution in [2.75, 3.05) is 5.32 Å². The molecule has 0 saturated heterocycles. The summed E-state index contributed by atoms with van der Waals surface area (Å²) in [6.45, 7) is 5.88. The highest BCUT2D eigenvalue weighted by atomic mass is 32.1. The number of rotatable bonds is 5. The summed E-state index contributed by atoms with van der Waals surface area (Å²) in [5.74, 6) is 0.528. The lowest BCUT2D eigenvalue weighted by Crippen LogP contribution is -2.32. The largest absolute Gasteiger partial charge is 0.480 e. The van der Waals surface area contributed by atoms with E-state index in [-0.39, 0.29) is 10.8 Å². The Labute approximate surface area is 156 Å². The van der Waals surface area contributed by atoms with Crippen LogP contribution in [-0.4, -0.2) is 16.6 Å². The third-order valence-corrected chi connectivity index (χ3v) is 5.33. The lowest BCUT2D eigenvalue weighted by molar-refractivity contribution is -0.122. The smallest absolute Gasteiger partial charge is 0.307 e. The zero-order chi connectivity index (χ0) is 18.8. The summed E-state index contributed by atoms with van der Waals surface area (Å²) >= 11 is 1.17. The van der Waals surface area contributed by atoms with Gasteiger partial charge in [0, 0.05) is 12.7 Å². The molecule has 26 heavy (non-hydrogen) atoms. The van der Waals surface area contributed by atoms with Crippen molar-refractivity contribution in [2.45, 2.75) is 33.3 Å². The first-order valence-corrected chi connectivity index (χ1v) is 9.35. The number of fused-ring (bicyclic) bond motifs is 1. The van der Waals surface area contributed by atoms with Gasteiger partial charge in [0.05, 0.1) is 10.2 Å². The first kappa shape index (κ1) is 18.2. The van der Waals surface area contributed by atoms with E-state index < -0.39 is 6.10 Å². The van der Waals surface area contributed by atoms with Gasteiger partial charge in [0.15, 0.2) is 6.10 Å². The van der Waals surface area contributed by atoms with Crippen LogP contribution in [0.4, 0.5) is 5.69 Å². The number of carbonyl (C=O) groups excluding carboxylic acids is 1. The Kier molecular flexibility index (Phi) is 5.13. The standard InChI is InChI=1S/C20H22N2O3S/c1-5-16(25-17-10-12(2)6-7-13(17)3)19(23)21-14-8-9-15-18(11-14)26-20(24)22(15)4/h6-11,16H,5H2,1-4H3,(H,21,23). The molecule has 0 aliphatic heterocycles. The highest BCUT2D eigenvalue weighted by molar-refractivity contribution is 7.16. The second kappa shape index (κ2) is 7.33. The number of amides is 1. The molecule has 2 aromatic carbocycles. The normalized spacial score (nSPS) is 12.2. The number of hydrogen-bond acceptors (Lipinski definition) is 4. The number of hydrogen-bond donors (Lipinski definition) is 1. The van der Waals surface area contributed by atoms with Crippen molar-refractivity contribution in [3.8, 4) is 5.75 Å². The maximum atomic E-state index is 12.7. The Balaban J connectivity index is 1.79. The lowest BCUT2D eigenvalue weighted by Gasteiger charge is -2.19. The lowest BCUT2D eigenvalue weighted by atomic mass is 10.1. The fraction of sp³-hybridized carbons (Fsp3) is 0.300. The molecule has 0 radical (unpaired) electrons. The Hall–Kier alpha value is -2.60. The van der Waals surface area contributed by atoms with Crippen molar-refractivity contribution < 1.29 is 9.53 Å². The molecule has 0 fully saturated rings. The molecule has 1 atom stereocenters. The van der Waals surface area contributed by atoms with E-state index >= 15 is 0 Å². The molecule has 1 unspecified atom stereocenters. The molecule has 0 aliphatic carbocycles. The molecule has 136 valence electrons. The predicted octanol–water partition coefficient (Wildman–Crippen LogP) is 4.01. The minimum absolute atomic E-state index is 0.0202. The van der Waals surface area contributed by atoms with Crippen molar-refractivity contribution in [1.82, 2.24) is 4.57 Å². The number of aromatic nitrogens is 1. The predicted molar refractivity (Wildman–Crippen MR) is 106 cm³/mol. The molecular weight excluding hydrogens is 348 g/mol. The van der Waals surface area contributed by atoms with Crippen LogP contribution in [0.2, 0.25) is 0 Å². The molecule has 1 heterocycles. The van der Waals surface area contributed by atoms with Gasteiger partial charge in [-0.15, -0.1) is 0 Å². The molecule has 0 bridgehead atoms. The monoisotopic (exact) mass is 370 g/mol. The third kappa shape index (κ3) is 3.65. The average Bonchev–Trinajstić information content (AvgIpc) is 2.89. The minimum atomic E-state index is -0.583. The molecule has 1 N–H and O–H groups in total. The van der Waals surface area contributed by atoms with Gasteiger partial charge in [-0.05, 0) is 55.7 Å². The SMILES string of the molecule is CCC(Oc1cc(C)ccc1C)C(=O)Nc1ccc2c(c1)sc(=O)n2C. The topological polar surface area (TPSA) is 60.3 Å². The molecule has 3 aromatic rings. The fourth-order valence-electron chi connectivity index (χ4n) is 2.74. The molecule has 0 spiro atoms. The number of thiazole rings is 1. The zero-order valence-electron chi connectivity index (χ0n) is 15.3. The number of nitrogens with one attached hydrogen (secondary N) is 1. The van der Waals surface area contributed by atoms with Gasteiger partial charge in [-0.2, -0.15) is 0 Å². The highest BCUT2D eigenvalue weighted by Crippen LogP contribution is 2.23. The van der Waals surface area contributed by atoms with Gasteiger partial charge in [-0.25, -0.2) is 0 Å². The van der Waals surface area contributed by atoms with Gasteiger partial charge >= 0.3 is 4.87 Å². The van der Waals surface area contributed by atoms with Crippen molar-refractivity contribution >= 4 is 33.1 Å². The molecular formula is C20H22N2O3S. The van der Waals surface area contributed by atoms with E-state index in [0.29, 0.717) is 12.1 Å². The van der Waals surface area contributed by atoms with Crippen molar-refractivity contribution in [1.29, 1.82) is 0 Å². The summed E-state index contributed by atoms with van der Waals surface area (Å²) in [7, 11) is 1.74. The zero-order valence-corrected chi connectivity index (χ0v) is 16.1. The number of benzene rings is 2. The Bertz CT molecular complexity index is 1020. The highest BCUT2D eigenvalue weighted by Gasteiger charge is 2.20. The summed E-state index contributed by atoms with van der Waals surface area (Å²) in [6, 6.07) is 11.4. The Morgan fingerprint density at radius 2 is 2.00 bits per heavy atom. The van der Waals surface area contributed by atoms with Crippen LogP contribution in [0.25, 0.3) is 10.2 Å².